The Morgan fingerprint density at radius 2 is 1.65 bits per heavy atom. The molecule has 0 aromatic rings. The molecule has 1 heterocycles. The van der Waals surface area contributed by atoms with Gasteiger partial charge in [0.1, 0.15) is 0 Å². The van der Waals surface area contributed by atoms with Gasteiger partial charge in [-0.3, -0.25) is 4.79 Å². The maximum Gasteiger partial charge on any atom is 0.229 e. The van der Waals surface area contributed by atoms with Gasteiger partial charge in [-0.1, -0.05) is 12.8 Å². The molecule has 1 N–H and O–H groups in total. The minimum Gasteiger partial charge on any atom is -0.393 e. The van der Waals surface area contributed by atoms with Crippen molar-refractivity contribution < 1.29 is 9.90 Å². The number of aliphatic hydroxyl groups is 1. The molecule has 0 unspecified atom stereocenters. The third-order valence-electron chi connectivity index (χ3n) is 5.21. The summed E-state index contributed by atoms with van der Waals surface area (Å²) in [5.41, 5.74) is -0.0798. The molecule has 3 aliphatic rings. The number of likely N-dealkylation sites (tertiary alicyclic amines) is 1. The van der Waals surface area contributed by atoms with Gasteiger partial charge in [0.2, 0.25) is 5.91 Å². The molecule has 3 fully saturated rings. The first-order chi connectivity index (χ1) is 8.22. The molecule has 3 nitrogen and oxygen atoms in total. The van der Waals surface area contributed by atoms with Crippen molar-refractivity contribution in [1.82, 2.24) is 4.90 Å². The minimum absolute atomic E-state index is 0.0798. The van der Waals surface area contributed by atoms with Gasteiger partial charge in [0.15, 0.2) is 0 Å². The van der Waals surface area contributed by atoms with E-state index in [4.69, 9.17) is 0 Å². The normalized spacial score (nSPS) is 35.9. The van der Waals surface area contributed by atoms with Crippen LogP contribution in [0.1, 0.15) is 51.4 Å². The van der Waals surface area contributed by atoms with Gasteiger partial charge in [-0.25, -0.2) is 0 Å². The van der Waals surface area contributed by atoms with Crippen LogP contribution in [-0.4, -0.2) is 35.1 Å². The topological polar surface area (TPSA) is 40.5 Å². The number of nitrogens with zero attached hydrogens (tertiary/aromatic N) is 1. The maximum absolute atomic E-state index is 12.8. The summed E-state index contributed by atoms with van der Waals surface area (Å²) < 4.78 is 0. The Kier molecular flexibility index (Phi) is 2.89. The zero-order valence-electron chi connectivity index (χ0n) is 10.5. The summed E-state index contributed by atoms with van der Waals surface area (Å²) in [4.78, 5) is 14.8. The van der Waals surface area contributed by atoms with Crippen LogP contribution in [-0.2, 0) is 4.79 Å². The van der Waals surface area contributed by atoms with E-state index in [9.17, 15) is 9.90 Å². The lowest BCUT2D eigenvalue weighted by molar-refractivity contribution is -0.150. The van der Waals surface area contributed by atoms with Crippen LogP contribution in [0.3, 0.4) is 0 Å². The fourth-order valence-corrected chi connectivity index (χ4v) is 4.08. The van der Waals surface area contributed by atoms with Gasteiger partial charge < -0.3 is 10.0 Å². The predicted octanol–water partition coefficient (Wildman–Crippen LogP) is 1.94. The molecule has 0 spiro atoms. The molecule has 3 rings (SSSR count). The number of rotatable bonds is 2. The van der Waals surface area contributed by atoms with Gasteiger partial charge >= 0.3 is 0 Å². The Morgan fingerprint density at radius 1 is 1.06 bits per heavy atom. The molecule has 0 aromatic heterocycles. The number of hydrogen-bond donors (Lipinski definition) is 1. The third kappa shape index (κ3) is 1.79. The van der Waals surface area contributed by atoms with Crippen molar-refractivity contribution in [2.45, 2.75) is 57.5 Å². The SMILES string of the molecule is O=C(N1CCCC1)C1(C2CC(O)C2)CCCC1. The summed E-state index contributed by atoms with van der Waals surface area (Å²) in [6.45, 7) is 1.94. The second-order valence-corrected chi connectivity index (χ2v) is 6.18. The first-order valence-electron chi connectivity index (χ1n) is 7.20. The maximum atomic E-state index is 12.8. The predicted molar refractivity (Wildman–Crippen MR) is 65.4 cm³/mol. The van der Waals surface area contributed by atoms with Crippen LogP contribution in [0.15, 0.2) is 0 Å². The van der Waals surface area contributed by atoms with Crippen molar-refractivity contribution in [3.8, 4) is 0 Å². The van der Waals surface area contributed by atoms with Gasteiger partial charge in [-0.2, -0.15) is 0 Å². The van der Waals surface area contributed by atoms with Crippen molar-refractivity contribution >= 4 is 5.91 Å². The number of hydrogen-bond acceptors (Lipinski definition) is 2. The number of amides is 1. The van der Waals surface area contributed by atoms with Crippen molar-refractivity contribution in [2.24, 2.45) is 11.3 Å². The highest BCUT2D eigenvalue weighted by atomic mass is 16.3. The van der Waals surface area contributed by atoms with E-state index in [0.717, 1.165) is 38.8 Å². The smallest absolute Gasteiger partial charge is 0.229 e. The molecular weight excluding hydrogens is 214 g/mol. The van der Waals surface area contributed by atoms with E-state index in [1.54, 1.807) is 0 Å². The highest BCUT2D eigenvalue weighted by Gasteiger charge is 2.53. The average molecular weight is 237 g/mol. The van der Waals surface area contributed by atoms with E-state index in [1.807, 2.05) is 0 Å². The molecule has 0 bridgehead atoms. The Hall–Kier alpha value is -0.570. The van der Waals surface area contributed by atoms with Crippen LogP contribution in [0.5, 0.6) is 0 Å². The van der Waals surface area contributed by atoms with Crippen LogP contribution in [0.4, 0.5) is 0 Å². The molecule has 1 saturated heterocycles. The third-order valence-corrected chi connectivity index (χ3v) is 5.21. The van der Waals surface area contributed by atoms with Crippen LogP contribution < -0.4 is 0 Å². The fraction of sp³-hybridized carbons (Fsp3) is 0.929. The number of aliphatic hydroxyl groups excluding tert-OH is 1. The van der Waals surface area contributed by atoms with Crippen molar-refractivity contribution in [3.05, 3.63) is 0 Å². The number of carbonyl (C=O) groups is 1. The van der Waals surface area contributed by atoms with E-state index < -0.39 is 0 Å². The molecule has 0 atom stereocenters. The van der Waals surface area contributed by atoms with Crippen LogP contribution in [0.2, 0.25) is 0 Å². The fourth-order valence-electron chi connectivity index (χ4n) is 4.08. The Labute approximate surface area is 103 Å². The molecule has 96 valence electrons. The summed E-state index contributed by atoms with van der Waals surface area (Å²) in [7, 11) is 0. The standard InChI is InChI=1S/C14H23NO2/c16-12-9-11(10-12)14(5-1-2-6-14)13(17)15-7-3-4-8-15/h11-12,16H,1-10H2. The van der Waals surface area contributed by atoms with Gasteiger partial charge in [-0.05, 0) is 44.4 Å². The molecule has 1 aliphatic heterocycles. The van der Waals surface area contributed by atoms with E-state index in [1.165, 1.54) is 25.7 Å². The van der Waals surface area contributed by atoms with E-state index in [0.29, 0.717) is 11.8 Å². The highest BCUT2D eigenvalue weighted by molar-refractivity contribution is 5.83. The number of carbonyl (C=O) groups excluding carboxylic acids is 1. The summed E-state index contributed by atoms with van der Waals surface area (Å²) in [6.07, 6.45) is 8.48. The quantitative estimate of drug-likeness (QED) is 0.797. The van der Waals surface area contributed by atoms with Crippen LogP contribution in [0.25, 0.3) is 0 Å². The Bertz CT molecular complexity index is 297. The first-order valence-corrected chi connectivity index (χ1v) is 7.20. The minimum atomic E-state index is -0.135. The van der Waals surface area contributed by atoms with Crippen LogP contribution >= 0.6 is 0 Å². The Morgan fingerprint density at radius 3 is 2.18 bits per heavy atom. The van der Waals surface area contributed by atoms with Crippen molar-refractivity contribution in [3.63, 3.8) is 0 Å². The lowest BCUT2D eigenvalue weighted by Gasteiger charge is -2.46. The molecule has 2 aliphatic carbocycles. The lowest BCUT2D eigenvalue weighted by Crippen LogP contribution is -2.50. The molecular formula is C14H23NO2. The summed E-state index contributed by atoms with van der Waals surface area (Å²) in [5, 5.41) is 9.52. The zero-order chi connectivity index (χ0) is 11.9. The molecule has 0 aromatic carbocycles. The summed E-state index contributed by atoms with van der Waals surface area (Å²) in [5.74, 6) is 0.887. The summed E-state index contributed by atoms with van der Waals surface area (Å²) in [6, 6.07) is 0. The molecule has 3 heteroatoms. The highest BCUT2D eigenvalue weighted by Crippen LogP contribution is 2.53. The largest absolute Gasteiger partial charge is 0.393 e. The van der Waals surface area contributed by atoms with E-state index in [2.05, 4.69) is 4.90 Å². The summed E-state index contributed by atoms with van der Waals surface area (Å²) >= 11 is 0. The van der Waals surface area contributed by atoms with E-state index in [-0.39, 0.29) is 11.5 Å². The van der Waals surface area contributed by atoms with Gasteiger partial charge in [0.05, 0.1) is 11.5 Å². The second kappa shape index (κ2) is 4.27. The zero-order valence-corrected chi connectivity index (χ0v) is 10.5. The first kappa shape index (κ1) is 11.5. The van der Waals surface area contributed by atoms with Gasteiger partial charge in [0, 0.05) is 13.1 Å². The molecule has 0 radical (unpaired) electrons. The Balaban J connectivity index is 1.76. The lowest BCUT2D eigenvalue weighted by atomic mass is 9.62. The average Bonchev–Trinajstić information content (AvgIpc) is 2.95. The molecule has 2 saturated carbocycles. The van der Waals surface area contributed by atoms with E-state index >= 15 is 0 Å². The van der Waals surface area contributed by atoms with Crippen LogP contribution in [0, 0.1) is 11.3 Å². The van der Waals surface area contributed by atoms with Gasteiger partial charge in [-0.15, -0.1) is 0 Å². The monoisotopic (exact) mass is 237 g/mol. The van der Waals surface area contributed by atoms with Crippen molar-refractivity contribution in [1.29, 1.82) is 0 Å². The molecule has 1 amide bonds. The molecule has 17 heavy (non-hydrogen) atoms. The van der Waals surface area contributed by atoms with Gasteiger partial charge in [0.25, 0.3) is 0 Å². The second-order valence-electron chi connectivity index (χ2n) is 6.18. The van der Waals surface area contributed by atoms with Crippen molar-refractivity contribution in [2.75, 3.05) is 13.1 Å².